The fourth-order valence-electron chi connectivity index (χ4n) is 3.27. The number of rotatable bonds is 7. The molecule has 0 radical (unpaired) electrons. The van der Waals surface area contributed by atoms with E-state index < -0.39 is 38.2 Å². The molecule has 182 valence electrons. The SMILES string of the molecule is O=C1S/C(=C\c2cccc(Oc3ccc([N+](=O)[O-])cc3[N+](=O)[O-])c2)C(=O)N1Cc1c(F)cccc1Cl. The van der Waals surface area contributed by atoms with Crippen LogP contribution in [-0.2, 0) is 11.3 Å². The van der Waals surface area contributed by atoms with Gasteiger partial charge in [-0.25, -0.2) is 4.39 Å². The van der Waals surface area contributed by atoms with Crippen molar-refractivity contribution in [1.29, 1.82) is 0 Å². The zero-order valence-electron chi connectivity index (χ0n) is 17.9. The molecular formula is C23H13ClFN3O7S. The van der Waals surface area contributed by atoms with E-state index in [1.807, 2.05) is 0 Å². The average Bonchev–Trinajstić information content (AvgIpc) is 3.08. The lowest BCUT2D eigenvalue weighted by Gasteiger charge is -2.14. The fraction of sp³-hybridized carbons (Fsp3) is 0.0435. The number of non-ortho nitro benzene ring substituents is 1. The van der Waals surface area contributed by atoms with E-state index in [9.17, 15) is 34.2 Å². The summed E-state index contributed by atoms with van der Waals surface area (Å²) in [6.07, 6.45) is 1.42. The van der Waals surface area contributed by atoms with Gasteiger partial charge in [-0.15, -0.1) is 0 Å². The Hall–Kier alpha value is -4.29. The zero-order valence-corrected chi connectivity index (χ0v) is 19.5. The first kappa shape index (κ1) is 24.8. The van der Waals surface area contributed by atoms with Crippen molar-refractivity contribution in [3.05, 3.63) is 108 Å². The van der Waals surface area contributed by atoms with Crippen LogP contribution in [-0.4, -0.2) is 25.9 Å². The highest BCUT2D eigenvalue weighted by molar-refractivity contribution is 8.18. The highest BCUT2D eigenvalue weighted by Crippen LogP contribution is 2.37. The molecular weight excluding hydrogens is 517 g/mol. The number of nitro groups is 2. The van der Waals surface area contributed by atoms with E-state index in [2.05, 4.69) is 0 Å². The highest BCUT2D eigenvalue weighted by atomic mass is 35.5. The smallest absolute Gasteiger partial charge is 0.318 e. The van der Waals surface area contributed by atoms with Crippen molar-refractivity contribution in [2.24, 2.45) is 0 Å². The molecule has 10 nitrogen and oxygen atoms in total. The maximum atomic E-state index is 14.1. The molecule has 13 heteroatoms. The van der Waals surface area contributed by atoms with E-state index in [0.29, 0.717) is 17.3 Å². The van der Waals surface area contributed by atoms with Gasteiger partial charge in [0.15, 0.2) is 0 Å². The number of benzene rings is 3. The maximum Gasteiger partial charge on any atom is 0.318 e. The Balaban J connectivity index is 1.57. The minimum atomic E-state index is -0.802. The predicted octanol–water partition coefficient (Wildman–Crippen LogP) is 6.32. The van der Waals surface area contributed by atoms with Crippen LogP contribution in [0.15, 0.2) is 65.6 Å². The van der Waals surface area contributed by atoms with Gasteiger partial charge in [-0.3, -0.25) is 34.7 Å². The molecule has 0 spiro atoms. The van der Waals surface area contributed by atoms with Crippen LogP contribution in [0.3, 0.4) is 0 Å². The standard InChI is InChI=1S/C23H13ClFN3O7S/c24-17-5-2-6-18(25)16(17)12-26-22(29)21(36-23(26)30)10-13-3-1-4-15(9-13)35-20-8-7-14(27(31)32)11-19(20)28(33)34/h1-11H,12H2/b21-10-. The van der Waals surface area contributed by atoms with Crippen LogP contribution >= 0.6 is 23.4 Å². The highest BCUT2D eigenvalue weighted by Gasteiger charge is 2.36. The van der Waals surface area contributed by atoms with Crippen LogP contribution in [0.4, 0.5) is 20.6 Å². The number of carbonyl (C=O) groups excluding carboxylic acids is 2. The van der Waals surface area contributed by atoms with Crippen molar-refractivity contribution in [2.75, 3.05) is 0 Å². The van der Waals surface area contributed by atoms with Crippen LogP contribution in [0.25, 0.3) is 6.08 Å². The van der Waals surface area contributed by atoms with E-state index in [-0.39, 0.29) is 33.5 Å². The molecule has 1 saturated heterocycles. The lowest BCUT2D eigenvalue weighted by atomic mass is 10.1. The second-order valence-corrected chi connectivity index (χ2v) is 8.71. The molecule has 4 rings (SSSR count). The average molecular weight is 530 g/mol. The van der Waals surface area contributed by atoms with E-state index in [4.69, 9.17) is 16.3 Å². The molecule has 1 fully saturated rings. The molecule has 0 N–H and O–H groups in total. The minimum Gasteiger partial charge on any atom is -0.450 e. The van der Waals surface area contributed by atoms with Gasteiger partial charge in [-0.1, -0.05) is 29.8 Å². The first-order valence-electron chi connectivity index (χ1n) is 10.0. The quantitative estimate of drug-likeness (QED) is 0.197. The molecule has 3 aromatic carbocycles. The Kier molecular flexibility index (Phi) is 6.99. The van der Waals surface area contributed by atoms with Crippen LogP contribution in [0.2, 0.25) is 5.02 Å². The van der Waals surface area contributed by atoms with Crippen molar-refractivity contribution < 1.29 is 28.6 Å². The van der Waals surface area contributed by atoms with Crippen molar-refractivity contribution >= 4 is 52.0 Å². The van der Waals surface area contributed by atoms with Crippen molar-refractivity contribution in [3.63, 3.8) is 0 Å². The topological polar surface area (TPSA) is 133 Å². The number of hydrogen-bond donors (Lipinski definition) is 0. The van der Waals surface area contributed by atoms with Crippen LogP contribution in [0, 0.1) is 26.0 Å². The Bertz CT molecular complexity index is 1440. The van der Waals surface area contributed by atoms with Gasteiger partial charge in [0.1, 0.15) is 11.6 Å². The molecule has 0 unspecified atom stereocenters. The summed E-state index contributed by atoms with van der Waals surface area (Å²) in [5.41, 5.74) is -0.605. The normalized spacial score (nSPS) is 14.4. The molecule has 3 aromatic rings. The third-order valence-corrected chi connectivity index (χ3v) is 6.25. The molecule has 1 aliphatic heterocycles. The first-order valence-corrected chi connectivity index (χ1v) is 11.2. The lowest BCUT2D eigenvalue weighted by molar-refractivity contribution is -0.394. The number of nitrogens with zero attached hydrogens (tertiary/aromatic N) is 3. The van der Waals surface area contributed by atoms with Gasteiger partial charge in [0.05, 0.1) is 27.4 Å². The number of nitro benzene ring substituents is 2. The van der Waals surface area contributed by atoms with Crippen molar-refractivity contribution in [1.82, 2.24) is 4.90 Å². The van der Waals surface area contributed by atoms with Gasteiger partial charge in [0.2, 0.25) is 5.75 Å². The van der Waals surface area contributed by atoms with E-state index in [1.165, 1.54) is 36.4 Å². The van der Waals surface area contributed by atoms with Crippen LogP contribution < -0.4 is 4.74 Å². The van der Waals surface area contributed by atoms with Gasteiger partial charge in [0.25, 0.3) is 16.8 Å². The number of imide groups is 1. The largest absolute Gasteiger partial charge is 0.450 e. The van der Waals surface area contributed by atoms with Crippen molar-refractivity contribution in [2.45, 2.75) is 6.54 Å². The number of thioether (sulfide) groups is 1. The number of hydrogen-bond acceptors (Lipinski definition) is 8. The van der Waals surface area contributed by atoms with Gasteiger partial charge in [-0.2, -0.15) is 0 Å². The monoisotopic (exact) mass is 529 g/mol. The summed E-state index contributed by atoms with van der Waals surface area (Å²) >= 11 is 6.68. The van der Waals surface area contributed by atoms with Gasteiger partial charge in [0, 0.05) is 16.7 Å². The summed E-state index contributed by atoms with van der Waals surface area (Å²) in [4.78, 5) is 46.9. The molecule has 2 amide bonds. The molecule has 0 atom stereocenters. The third-order valence-electron chi connectivity index (χ3n) is 4.99. The van der Waals surface area contributed by atoms with E-state index in [1.54, 1.807) is 12.1 Å². The molecule has 0 aromatic heterocycles. The zero-order chi connectivity index (χ0) is 26.0. The Morgan fingerprint density at radius 1 is 1.03 bits per heavy atom. The summed E-state index contributed by atoms with van der Waals surface area (Å²) in [5.74, 6) is -1.35. The van der Waals surface area contributed by atoms with Gasteiger partial charge >= 0.3 is 5.69 Å². The number of halogens is 2. The molecule has 1 heterocycles. The van der Waals surface area contributed by atoms with Crippen molar-refractivity contribution in [3.8, 4) is 11.5 Å². The fourth-order valence-corrected chi connectivity index (χ4v) is 4.33. The summed E-state index contributed by atoms with van der Waals surface area (Å²) < 4.78 is 19.7. The number of carbonyl (C=O) groups is 2. The van der Waals surface area contributed by atoms with E-state index >= 15 is 0 Å². The summed E-state index contributed by atoms with van der Waals surface area (Å²) in [6, 6.07) is 13.1. The number of ether oxygens (including phenoxy) is 1. The first-order chi connectivity index (χ1) is 17.1. The third kappa shape index (κ3) is 5.19. The predicted molar refractivity (Wildman–Crippen MR) is 129 cm³/mol. The summed E-state index contributed by atoms with van der Waals surface area (Å²) in [7, 11) is 0. The lowest BCUT2D eigenvalue weighted by Crippen LogP contribution is -2.28. The Morgan fingerprint density at radius 2 is 1.78 bits per heavy atom. The Labute approximate surface area is 211 Å². The molecule has 0 saturated carbocycles. The molecule has 0 aliphatic carbocycles. The van der Waals surface area contributed by atoms with E-state index in [0.717, 1.165) is 23.1 Å². The van der Waals surface area contributed by atoms with Gasteiger partial charge < -0.3 is 4.74 Å². The number of amides is 2. The second-order valence-electron chi connectivity index (χ2n) is 7.31. The molecule has 0 bridgehead atoms. The second kappa shape index (κ2) is 10.1. The molecule has 1 aliphatic rings. The minimum absolute atomic E-state index is 0.0165. The van der Waals surface area contributed by atoms with Crippen LogP contribution in [0.1, 0.15) is 11.1 Å². The summed E-state index contributed by atoms with van der Waals surface area (Å²) in [6.45, 7) is -0.333. The molecule has 36 heavy (non-hydrogen) atoms. The Morgan fingerprint density at radius 3 is 2.47 bits per heavy atom. The van der Waals surface area contributed by atoms with Crippen LogP contribution in [0.5, 0.6) is 11.5 Å². The van der Waals surface area contributed by atoms with Gasteiger partial charge in [-0.05, 0) is 53.7 Å². The maximum absolute atomic E-state index is 14.1. The summed E-state index contributed by atoms with van der Waals surface area (Å²) in [5, 5.41) is 21.7.